The molecule has 0 aliphatic carbocycles. The largest absolute Gasteiger partial charge is 0.508 e. The molecule has 13 N–H and O–H groups in total. The molecular weight excluding hydrogens is 1490 g/mol. The van der Waals surface area contributed by atoms with E-state index in [-0.39, 0.29) is 130 Å². The number of carboxylic acid groups (broad SMARTS) is 1. The Morgan fingerprint density at radius 2 is 1.42 bits per heavy atom. The number of hydrogen-bond donors (Lipinski definition) is 12. The smallest absolute Gasteiger partial charge is 0.409 e. The number of fused-ring (bicyclic) bond motifs is 5. The maximum Gasteiger partial charge on any atom is 0.409 e. The molecule has 4 heterocycles. The Labute approximate surface area is 652 Å². The zero-order chi connectivity index (χ0) is 81.9. The van der Waals surface area contributed by atoms with Gasteiger partial charge in [-0.2, -0.15) is 11.8 Å². The quantitative estimate of drug-likeness (QED) is 0.0196. The summed E-state index contributed by atoms with van der Waals surface area (Å²) in [6.07, 6.45) is 2.10. The number of carbonyl (C=O) groups excluding carboxylic acids is 13. The number of urea groups is 1. The highest BCUT2D eigenvalue weighted by molar-refractivity contribution is 7.99. The molecule has 12 atom stereocenters. The van der Waals surface area contributed by atoms with Crippen molar-refractivity contribution in [3.63, 3.8) is 0 Å². The van der Waals surface area contributed by atoms with Crippen LogP contribution in [0.2, 0.25) is 5.02 Å². The summed E-state index contributed by atoms with van der Waals surface area (Å²) in [5.74, 6) is -10.0. The van der Waals surface area contributed by atoms with Crippen molar-refractivity contribution in [1.82, 2.24) is 52.3 Å². The highest BCUT2D eigenvalue weighted by Gasteiger charge is 2.64. The molecule has 0 aromatic heterocycles. The van der Waals surface area contributed by atoms with Gasteiger partial charge in [0.05, 0.1) is 37.7 Å². The number of benzene rings is 2. The van der Waals surface area contributed by atoms with Crippen LogP contribution in [0.3, 0.4) is 0 Å². The number of imide groups is 1. The van der Waals surface area contributed by atoms with Gasteiger partial charge in [-0.1, -0.05) is 54.5 Å². The number of primary amides is 1. The number of methoxy groups -OCH3 is 3. The number of carbonyl (C=O) groups is 14. The fourth-order valence-corrected chi connectivity index (χ4v) is 13.7. The number of phenols is 1. The minimum absolute atomic E-state index is 0.000316. The summed E-state index contributed by atoms with van der Waals surface area (Å²) in [4.78, 5) is 189. The topological polar surface area (TPSA) is 490 Å². The van der Waals surface area contributed by atoms with E-state index in [4.69, 9.17) is 45.8 Å². The number of aliphatic carboxylic acids is 1. The van der Waals surface area contributed by atoms with Gasteiger partial charge in [0.1, 0.15) is 77.2 Å². The van der Waals surface area contributed by atoms with Gasteiger partial charge in [-0.3, -0.25) is 58.2 Å². The van der Waals surface area contributed by atoms with Crippen LogP contribution in [0.15, 0.2) is 72.4 Å². The Balaban J connectivity index is 1.12. The number of unbranched alkanes of at least 4 members (excludes halogenated alkanes) is 2. The van der Waals surface area contributed by atoms with Gasteiger partial charge in [0.25, 0.3) is 11.8 Å². The van der Waals surface area contributed by atoms with Crippen LogP contribution in [-0.4, -0.2) is 254 Å². The van der Waals surface area contributed by atoms with Crippen LogP contribution in [0, 0.1) is 5.92 Å². The normalized spacial score (nSPS) is 22.4. The molecule has 37 heteroatoms. The molecule has 0 spiro atoms. The maximum absolute atomic E-state index is 14.6. The summed E-state index contributed by atoms with van der Waals surface area (Å²) in [5, 5.41) is 52.9. The lowest BCUT2D eigenvalue weighted by atomic mass is 9.83. The second kappa shape index (κ2) is 43.1. The van der Waals surface area contributed by atoms with Gasteiger partial charge in [-0.15, -0.1) is 0 Å². The molecule has 4 bridgehead atoms. The summed E-state index contributed by atoms with van der Waals surface area (Å²) in [5.41, 5.74) is 4.19. The van der Waals surface area contributed by atoms with Crippen molar-refractivity contribution >= 4 is 112 Å². The Morgan fingerprint density at radius 3 is 2.05 bits per heavy atom. The van der Waals surface area contributed by atoms with Crippen molar-refractivity contribution in [2.75, 3.05) is 84.6 Å². The molecule has 2 aromatic rings. The first-order chi connectivity index (χ1) is 52.6. The number of carboxylic acids is 1. The minimum atomic E-state index is -1.95. The van der Waals surface area contributed by atoms with Crippen LogP contribution in [0.5, 0.6) is 11.5 Å². The number of halogens is 1. The molecule has 35 nitrogen and oxygen atoms in total. The summed E-state index contributed by atoms with van der Waals surface area (Å²) in [6.45, 7) is 6.32. The Hall–Kier alpha value is -9.88. The first kappa shape index (κ1) is 90.0. The number of allylic oxidation sites excluding steroid dienone is 3. The van der Waals surface area contributed by atoms with E-state index in [1.807, 2.05) is 6.92 Å². The number of alkyl carbamates (subject to hydrolysis) is 1. The molecule has 2 fully saturated rings. The second-order valence-electron chi connectivity index (χ2n) is 27.7. The van der Waals surface area contributed by atoms with Crippen LogP contribution >= 0.6 is 23.4 Å². The van der Waals surface area contributed by atoms with Crippen molar-refractivity contribution in [2.45, 2.75) is 184 Å². The molecule has 610 valence electrons. The molecule has 0 radical (unpaired) electrons. The fourth-order valence-electron chi connectivity index (χ4n) is 12.7. The standard InChI is InChI=1S/C74H103ClN12O23S/c1-42-16-14-20-55(107-9)74(104)39-54(108-72(103)84-74)43(2)65-73(4,110-65)56(38-63(95)86(6)52-36-46(34-42)37-53(106-8)64(52)75)109-70(101)44(3)85(5)60(92)28-33-111-41-59(91)81-49(19-15-31-79-71(76)102)67(97)82-50(68(98)83-51(69(99)100)35-45-21-23-47(88)24-22-45)18-11-13-30-78-66(96)48(17-10-12-29-77-57(89)27-32-105-7)80-58(90)40-87-61(93)25-26-62(87)94/h14,16,20-26,36-37,43-44,48-51,54-56,65,88,104H,10-13,15,17-19,27-35,38-41H2,1-9H3,(H,77,89)(H,78,96)(H,80,90)(H,81,91)(H,82,97)(H,83,98)(H,84,103)(H,99,100)(H3,76,79,102)/b20-14+,42-16+/t43-,44+,48+,49+,50+,51+,54+,55-,56+,65+,73+,74+/m1/s1. The fraction of sp³-hybridized carbons (Fsp3) is 0.568. The van der Waals surface area contributed by atoms with E-state index in [1.165, 1.54) is 71.5 Å². The number of hydrogen-bond acceptors (Lipinski definition) is 23. The van der Waals surface area contributed by atoms with E-state index in [9.17, 15) is 82.4 Å². The summed E-state index contributed by atoms with van der Waals surface area (Å²) in [6, 6.07) is 1.25. The number of amides is 13. The van der Waals surface area contributed by atoms with Gasteiger partial charge < -0.3 is 96.5 Å². The van der Waals surface area contributed by atoms with Crippen molar-refractivity contribution in [2.24, 2.45) is 11.7 Å². The van der Waals surface area contributed by atoms with Crippen molar-refractivity contribution in [1.29, 1.82) is 0 Å². The number of nitrogens with one attached hydrogen (secondary N) is 8. The Morgan fingerprint density at radius 1 is 0.811 bits per heavy atom. The number of thioether (sulfide) groups is 1. The van der Waals surface area contributed by atoms with Crippen LogP contribution in [0.4, 0.5) is 15.3 Å². The van der Waals surface area contributed by atoms with E-state index in [0.29, 0.717) is 35.3 Å². The summed E-state index contributed by atoms with van der Waals surface area (Å²) in [7, 11) is 7.12. The number of ether oxygens (including phenoxy) is 6. The van der Waals surface area contributed by atoms with Crippen LogP contribution in [0.25, 0.3) is 0 Å². The number of aliphatic hydroxyl groups is 1. The van der Waals surface area contributed by atoms with Crippen LogP contribution in [-0.2, 0) is 94.1 Å². The zero-order valence-corrected chi connectivity index (χ0v) is 65.3. The number of aromatic hydroxyl groups is 1. The predicted molar refractivity (Wildman–Crippen MR) is 403 cm³/mol. The first-order valence-corrected chi connectivity index (χ1v) is 37.9. The molecule has 0 unspecified atom stereocenters. The molecule has 2 saturated heterocycles. The molecule has 111 heavy (non-hydrogen) atoms. The number of anilines is 1. The number of likely N-dealkylation sites (N-methyl/N-ethyl adjacent to an activating group) is 1. The van der Waals surface area contributed by atoms with E-state index in [2.05, 4.69) is 42.5 Å². The lowest BCUT2D eigenvalue weighted by Crippen LogP contribution is -2.63. The van der Waals surface area contributed by atoms with Gasteiger partial charge in [0, 0.05) is 97.5 Å². The van der Waals surface area contributed by atoms with E-state index in [1.54, 1.807) is 44.2 Å². The summed E-state index contributed by atoms with van der Waals surface area (Å²) < 4.78 is 34.5. The molecule has 2 aromatic carbocycles. The third-order valence-electron chi connectivity index (χ3n) is 19.3. The molecular formula is C74H103ClN12O23S. The molecule has 4 aliphatic rings. The Kier molecular flexibility index (Phi) is 34.9. The SMILES string of the molecule is COCCC(=O)NCCCC[C@H](NC(=O)CN1C(=O)C=CC1=O)C(=O)NCCCC[C@H](NC(=O)[C@H](CCCNC(N)=O)NC(=O)CSCCC(=O)N(C)[C@@H](C)C(=O)O[C@H]1CC(=O)N(C)c2cc(cc(OC)c2Cl)C/C(C)=C/C=C/[C@@H](OC)[C@@]2(O)C[C@H](OC(=O)N2)[C@@H](C)[C@@H]2O[C@@]12C)C(=O)N[C@@H](Cc1ccc(O)cc1)C(=O)O. The monoisotopic (exact) mass is 1590 g/mol. The third kappa shape index (κ3) is 27.2. The number of nitrogens with two attached hydrogens (primary N) is 1. The number of rotatable bonds is 39. The number of epoxide rings is 1. The maximum atomic E-state index is 14.6. The van der Waals surface area contributed by atoms with Crippen LogP contribution < -0.4 is 57.9 Å². The summed E-state index contributed by atoms with van der Waals surface area (Å²) >= 11 is 7.85. The molecule has 6 rings (SSSR count). The van der Waals surface area contributed by atoms with E-state index in [0.717, 1.165) is 34.4 Å². The van der Waals surface area contributed by atoms with Crippen molar-refractivity contribution in [3.8, 4) is 11.5 Å². The van der Waals surface area contributed by atoms with Gasteiger partial charge in [0.2, 0.25) is 47.3 Å². The number of phenolic OH excluding ortho intramolecular Hbond substituents is 1. The number of nitrogens with zero attached hydrogens (tertiary/aromatic N) is 3. The molecule has 13 amide bonds. The zero-order valence-electron chi connectivity index (χ0n) is 63.7. The van der Waals surface area contributed by atoms with E-state index < -0.39 is 162 Å². The average Bonchev–Trinajstić information content (AvgIpc) is 1.57. The molecule has 4 aliphatic heterocycles. The first-order valence-electron chi connectivity index (χ1n) is 36.3. The van der Waals surface area contributed by atoms with E-state index >= 15 is 0 Å². The predicted octanol–water partition coefficient (Wildman–Crippen LogP) is 1.59. The Bertz CT molecular complexity index is 3770. The molecule has 0 saturated carbocycles. The second-order valence-corrected chi connectivity index (χ2v) is 29.2. The highest BCUT2D eigenvalue weighted by atomic mass is 35.5. The highest BCUT2D eigenvalue weighted by Crippen LogP contribution is 2.49. The van der Waals surface area contributed by atoms with Gasteiger partial charge in [0.15, 0.2) is 5.72 Å². The van der Waals surface area contributed by atoms with Crippen molar-refractivity contribution < 1.29 is 111 Å². The lowest BCUT2D eigenvalue weighted by molar-refractivity contribution is -0.162. The average molecular weight is 1600 g/mol. The van der Waals surface area contributed by atoms with Gasteiger partial charge >= 0.3 is 24.1 Å². The van der Waals surface area contributed by atoms with Gasteiger partial charge in [-0.25, -0.2) is 19.2 Å². The lowest BCUT2D eigenvalue weighted by Gasteiger charge is -2.42. The van der Waals surface area contributed by atoms with Crippen molar-refractivity contribution in [3.05, 3.63) is 88.5 Å². The van der Waals surface area contributed by atoms with Gasteiger partial charge in [-0.05, 0) is 114 Å². The van der Waals surface area contributed by atoms with Crippen LogP contribution in [0.1, 0.15) is 116 Å². The number of esters is 1. The third-order valence-corrected chi connectivity index (χ3v) is 20.6. The minimum Gasteiger partial charge on any atom is -0.508 e.